The lowest BCUT2D eigenvalue weighted by molar-refractivity contribution is -0.121. The first-order valence-corrected chi connectivity index (χ1v) is 8.57. The van der Waals surface area contributed by atoms with Gasteiger partial charge < -0.3 is 10.1 Å². The molecule has 1 atom stereocenters. The molecule has 3 rings (SSSR count). The summed E-state index contributed by atoms with van der Waals surface area (Å²) in [7, 11) is 0. The van der Waals surface area contributed by atoms with Crippen molar-refractivity contribution in [3.63, 3.8) is 0 Å². The molecule has 2 aromatic rings. The maximum absolute atomic E-state index is 12.7. The van der Waals surface area contributed by atoms with Crippen LogP contribution in [0.4, 0.5) is 11.4 Å². The third-order valence-corrected chi connectivity index (χ3v) is 4.35. The van der Waals surface area contributed by atoms with Gasteiger partial charge in [-0.1, -0.05) is 35.3 Å². The van der Waals surface area contributed by atoms with E-state index in [4.69, 9.17) is 27.9 Å². The Morgan fingerprint density at radius 2 is 1.96 bits per heavy atom. The zero-order valence-corrected chi connectivity index (χ0v) is 15.0. The highest BCUT2D eigenvalue weighted by Gasteiger charge is 2.40. The minimum atomic E-state index is -0.680. The van der Waals surface area contributed by atoms with Gasteiger partial charge in [-0.25, -0.2) is 4.90 Å². The third-order valence-electron chi connectivity index (χ3n) is 3.81. The minimum Gasteiger partial charge on any atom is -0.492 e. The molecule has 130 valence electrons. The molecule has 0 bridgehead atoms. The summed E-state index contributed by atoms with van der Waals surface area (Å²) in [6, 6.07) is 11.3. The van der Waals surface area contributed by atoms with Gasteiger partial charge in [0.25, 0.3) is 5.91 Å². The average molecular weight is 379 g/mol. The molecule has 1 saturated heterocycles. The van der Waals surface area contributed by atoms with Gasteiger partial charge in [-0.2, -0.15) is 0 Å². The van der Waals surface area contributed by atoms with Gasteiger partial charge in [0.2, 0.25) is 5.91 Å². The summed E-state index contributed by atoms with van der Waals surface area (Å²) in [5.41, 5.74) is 1.00. The van der Waals surface area contributed by atoms with Crippen molar-refractivity contribution in [3.05, 3.63) is 52.5 Å². The number of anilines is 2. The molecule has 0 aromatic heterocycles. The van der Waals surface area contributed by atoms with Gasteiger partial charge in [0.15, 0.2) is 0 Å². The normalized spacial score (nSPS) is 17.1. The van der Waals surface area contributed by atoms with E-state index < -0.39 is 6.04 Å². The van der Waals surface area contributed by atoms with Gasteiger partial charge >= 0.3 is 0 Å². The molecule has 0 aliphatic carbocycles. The minimum absolute atomic E-state index is 0.0399. The number of nitrogens with zero attached hydrogens (tertiary/aromatic N) is 1. The first-order valence-electron chi connectivity index (χ1n) is 7.81. The predicted octanol–water partition coefficient (Wildman–Crippen LogP) is 4.14. The van der Waals surface area contributed by atoms with Crippen LogP contribution in [-0.2, 0) is 9.59 Å². The van der Waals surface area contributed by atoms with Crippen molar-refractivity contribution in [2.24, 2.45) is 0 Å². The number of hydrogen-bond acceptors (Lipinski definition) is 4. The molecule has 1 heterocycles. The molecule has 2 aromatic carbocycles. The van der Waals surface area contributed by atoms with E-state index in [0.717, 1.165) is 4.90 Å². The summed E-state index contributed by atoms with van der Waals surface area (Å²) in [5.74, 6) is -0.0469. The number of para-hydroxylation sites is 2. The van der Waals surface area contributed by atoms with E-state index in [0.29, 0.717) is 28.8 Å². The van der Waals surface area contributed by atoms with Gasteiger partial charge in [-0.3, -0.25) is 9.59 Å². The number of ether oxygens (including phenoxy) is 1. The highest BCUT2D eigenvalue weighted by Crippen LogP contribution is 2.34. The second kappa shape index (κ2) is 7.33. The van der Waals surface area contributed by atoms with Crippen molar-refractivity contribution in [1.82, 2.24) is 0 Å². The molecule has 1 fully saturated rings. The van der Waals surface area contributed by atoms with Crippen molar-refractivity contribution >= 4 is 46.4 Å². The lowest BCUT2D eigenvalue weighted by Crippen LogP contribution is -2.35. The molecule has 0 spiro atoms. The molecule has 1 aliphatic rings. The van der Waals surface area contributed by atoms with E-state index in [1.807, 2.05) is 19.1 Å². The van der Waals surface area contributed by atoms with Crippen molar-refractivity contribution in [2.45, 2.75) is 19.4 Å². The van der Waals surface area contributed by atoms with Crippen LogP contribution >= 0.6 is 23.2 Å². The Morgan fingerprint density at radius 3 is 2.68 bits per heavy atom. The number of hydrogen-bond donors (Lipinski definition) is 1. The van der Waals surface area contributed by atoms with Crippen molar-refractivity contribution < 1.29 is 14.3 Å². The van der Waals surface area contributed by atoms with Gasteiger partial charge in [-0.05, 0) is 37.3 Å². The Bertz CT molecular complexity index is 826. The van der Waals surface area contributed by atoms with Crippen LogP contribution in [0.1, 0.15) is 13.3 Å². The first-order chi connectivity index (χ1) is 12.0. The molecule has 2 amide bonds. The zero-order chi connectivity index (χ0) is 18.0. The second-order valence-corrected chi connectivity index (χ2v) is 6.34. The van der Waals surface area contributed by atoms with Crippen LogP contribution in [0, 0.1) is 0 Å². The van der Waals surface area contributed by atoms with E-state index in [2.05, 4.69) is 5.32 Å². The average Bonchev–Trinajstić information content (AvgIpc) is 2.84. The Morgan fingerprint density at radius 1 is 1.20 bits per heavy atom. The summed E-state index contributed by atoms with van der Waals surface area (Å²) in [6.07, 6.45) is 0.0399. The molecular formula is C18H16Cl2N2O3. The van der Waals surface area contributed by atoms with Gasteiger partial charge in [0, 0.05) is 5.02 Å². The second-order valence-electron chi connectivity index (χ2n) is 5.49. The van der Waals surface area contributed by atoms with Gasteiger partial charge in [-0.15, -0.1) is 0 Å². The van der Waals surface area contributed by atoms with E-state index in [1.165, 1.54) is 6.07 Å². The molecule has 5 nitrogen and oxygen atoms in total. The summed E-state index contributed by atoms with van der Waals surface area (Å²) >= 11 is 12.0. The highest BCUT2D eigenvalue weighted by molar-refractivity contribution is 6.38. The Kier molecular flexibility index (Phi) is 5.16. The van der Waals surface area contributed by atoms with Crippen LogP contribution in [-0.4, -0.2) is 24.5 Å². The Balaban J connectivity index is 1.84. The summed E-state index contributed by atoms with van der Waals surface area (Å²) in [5, 5.41) is 3.79. The van der Waals surface area contributed by atoms with Crippen molar-refractivity contribution in [3.8, 4) is 5.75 Å². The number of benzene rings is 2. The van der Waals surface area contributed by atoms with Crippen LogP contribution in [0.2, 0.25) is 10.0 Å². The highest BCUT2D eigenvalue weighted by atomic mass is 35.5. The number of imide groups is 1. The fourth-order valence-corrected chi connectivity index (χ4v) is 3.21. The van der Waals surface area contributed by atoms with Gasteiger partial charge in [0.1, 0.15) is 11.8 Å². The third kappa shape index (κ3) is 3.57. The smallest absolute Gasteiger partial charge is 0.256 e. The number of nitrogens with one attached hydrogen (secondary N) is 1. The molecule has 1 N–H and O–H groups in total. The number of rotatable bonds is 5. The SMILES string of the molecule is CCOc1ccccc1N[C@@H]1CC(=O)N(c2ccc(Cl)cc2Cl)C1=O. The number of carbonyl (C=O) groups is 2. The van der Waals surface area contributed by atoms with Crippen LogP contribution in [0.25, 0.3) is 0 Å². The Labute approximate surface area is 155 Å². The number of amides is 2. The maximum Gasteiger partial charge on any atom is 0.256 e. The molecule has 0 saturated carbocycles. The number of halogens is 2. The van der Waals surface area contributed by atoms with Crippen LogP contribution in [0.5, 0.6) is 5.75 Å². The predicted molar refractivity (Wildman–Crippen MR) is 98.6 cm³/mol. The summed E-state index contributed by atoms with van der Waals surface area (Å²) < 4.78 is 5.55. The van der Waals surface area contributed by atoms with Crippen molar-refractivity contribution in [2.75, 3.05) is 16.8 Å². The quantitative estimate of drug-likeness (QED) is 0.794. The summed E-state index contributed by atoms with van der Waals surface area (Å²) in [6.45, 7) is 2.38. The first kappa shape index (κ1) is 17.6. The van der Waals surface area contributed by atoms with Gasteiger partial charge in [0.05, 0.1) is 29.4 Å². The maximum atomic E-state index is 12.7. The van der Waals surface area contributed by atoms with Crippen LogP contribution < -0.4 is 15.0 Å². The standard InChI is InChI=1S/C18H16Cl2N2O3/c1-2-25-16-6-4-3-5-13(16)21-14-10-17(23)22(18(14)24)15-8-7-11(19)9-12(15)20/h3-9,14,21H,2,10H2,1H3/t14-/m1/s1. The molecule has 7 heteroatoms. The Hall–Kier alpha value is -2.24. The van der Waals surface area contributed by atoms with E-state index >= 15 is 0 Å². The number of carbonyl (C=O) groups excluding carboxylic acids is 2. The van der Waals surface area contributed by atoms with Crippen LogP contribution in [0.3, 0.4) is 0 Å². The molecule has 0 unspecified atom stereocenters. The topological polar surface area (TPSA) is 58.6 Å². The van der Waals surface area contributed by atoms with Crippen molar-refractivity contribution in [1.29, 1.82) is 0 Å². The lowest BCUT2D eigenvalue weighted by atomic mass is 10.2. The molecule has 0 radical (unpaired) electrons. The summed E-state index contributed by atoms with van der Waals surface area (Å²) in [4.78, 5) is 26.2. The zero-order valence-electron chi connectivity index (χ0n) is 13.5. The molecule has 25 heavy (non-hydrogen) atoms. The largest absolute Gasteiger partial charge is 0.492 e. The van der Waals surface area contributed by atoms with E-state index in [9.17, 15) is 9.59 Å². The molecule has 1 aliphatic heterocycles. The monoisotopic (exact) mass is 378 g/mol. The lowest BCUT2D eigenvalue weighted by Gasteiger charge is -2.18. The fourth-order valence-electron chi connectivity index (χ4n) is 2.72. The van der Waals surface area contributed by atoms with E-state index in [1.54, 1.807) is 24.3 Å². The fraction of sp³-hybridized carbons (Fsp3) is 0.222. The van der Waals surface area contributed by atoms with E-state index in [-0.39, 0.29) is 23.3 Å². The van der Waals surface area contributed by atoms with Crippen LogP contribution in [0.15, 0.2) is 42.5 Å². The molecular weight excluding hydrogens is 363 g/mol.